The van der Waals surface area contributed by atoms with Gasteiger partial charge < -0.3 is 15.0 Å². The van der Waals surface area contributed by atoms with Crippen LogP contribution in [0.3, 0.4) is 0 Å². The van der Waals surface area contributed by atoms with Gasteiger partial charge in [0.15, 0.2) is 0 Å². The van der Waals surface area contributed by atoms with E-state index in [0.717, 1.165) is 42.1 Å². The molecule has 30 heavy (non-hydrogen) atoms. The largest absolute Gasteiger partial charge is 0.478 e. The second-order valence-corrected chi connectivity index (χ2v) is 9.76. The summed E-state index contributed by atoms with van der Waals surface area (Å²) in [6.45, 7) is 8.55. The van der Waals surface area contributed by atoms with Gasteiger partial charge in [-0.05, 0) is 30.4 Å². The maximum Gasteiger partial charge on any atom is 0.339 e. The van der Waals surface area contributed by atoms with Crippen molar-refractivity contribution in [2.75, 3.05) is 0 Å². The Labute approximate surface area is 178 Å². The smallest absolute Gasteiger partial charge is 0.339 e. The van der Waals surface area contributed by atoms with Gasteiger partial charge in [-0.3, -0.25) is 4.79 Å². The summed E-state index contributed by atoms with van der Waals surface area (Å²) in [6.07, 6.45) is 6.72. The Morgan fingerprint density at radius 2 is 1.80 bits per heavy atom. The van der Waals surface area contributed by atoms with Gasteiger partial charge in [0.2, 0.25) is 5.91 Å². The van der Waals surface area contributed by atoms with E-state index in [1.807, 2.05) is 24.3 Å². The van der Waals surface area contributed by atoms with Crippen LogP contribution in [-0.4, -0.2) is 32.9 Å². The number of aliphatic carboxylic acids is 1. The number of aromatic amines is 1. The highest BCUT2D eigenvalue weighted by molar-refractivity contribution is 6.17. The number of para-hydroxylation sites is 1. The quantitative estimate of drug-likeness (QED) is 0.722. The molecule has 5 nitrogen and oxygen atoms in total. The molecule has 2 aliphatic rings. The second-order valence-electron chi connectivity index (χ2n) is 9.76. The van der Waals surface area contributed by atoms with Crippen molar-refractivity contribution >= 4 is 28.4 Å². The minimum atomic E-state index is -1.01. The number of carboxylic acid groups (broad SMARTS) is 1. The zero-order valence-electron chi connectivity index (χ0n) is 18.4. The number of fused-ring (bicyclic) bond motifs is 3. The van der Waals surface area contributed by atoms with Gasteiger partial charge in [-0.2, -0.15) is 0 Å². The zero-order valence-corrected chi connectivity index (χ0v) is 18.4. The molecule has 1 atom stereocenters. The Bertz CT molecular complexity index is 1010. The molecule has 2 heterocycles. The van der Waals surface area contributed by atoms with E-state index < -0.39 is 11.4 Å². The Balaban J connectivity index is 1.95. The number of hydrogen-bond donors (Lipinski definition) is 2. The molecule has 1 amide bonds. The molecule has 1 saturated carbocycles. The molecule has 1 aliphatic carbocycles. The van der Waals surface area contributed by atoms with Crippen LogP contribution in [0.4, 0.5) is 0 Å². The van der Waals surface area contributed by atoms with Crippen molar-refractivity contribution in [1.29, 1.82) is 0 Å². The molecule has 1 aromatic carbocycles. The van der Waals surface area contributed by atoms with Crippen LogP contribution in [0.5, 0.6) is 0 Å². The molecular formula is C25H32N2O3. The summed E-state index contributed by atoms with van der Waals surface area (Å²) in [5, 5.41) is 11.1. The minimum absolute atomic E-state index is 0.0183. The van der Waals surface area contributed by atoms with Gasteiger partial charge in [-0.15, -0.1) is 0 Å². The van der Waals surface area contributed by atoms with E-state index >= 15 is 0 Å². The first-order chi connectivity index (χ1) is 14.2. The maximum atomic E-state index is 13.7. The molecule has 1 unspecified atom stereocenters. The Morgan fingerprint density at radius 1 is 1.13 bits per heavy atom. The number of nitrogens with zero attached hydrogens (tertiary/aromatic N) is 1. The standard InChI is InChI=1S/C25H32N2O3/c1-15(2)22-25(3,4)20-17-12-8-9-13-19(17)26-21(20)18(24(29)30)14-27(22)23(28)16-10-6-5-7-11-16/h8-9,12-16,22,26H,5-7,10-11H2,1-4H3,(H,29,30). The number of carbonyl (C=O) groups excluding carboxylic acids is 1. The number of H-pyrrole nitrogens is 1. The minimum Gasteiger partial charge on any atom is -0.478 e. The van der Waals surface area contributed by atoms with Crippen LogP contribution < -0.4 is 0 Å². The monoisotopic (exact) mass is 408 g/mol. The summed E-state index contributed by atoms with van der Waals surface area (Å²) in [5.41, 5.74) is 2.28. The van der Waals surface area contributed by atoms with Crippen LogP contribution in [0.15, 0.2) is 30.5 Å². The highest BCUT2D eigenvalue weighted by Gasteiger charge is 2.46. The maximum absolute atomic E-state index is 13.7. The normalized spacial score (nSPS) is 22.0. The number of benzene rings is 1. The molecule has 1 aliphatic heterocycles. The van der Waals surface area contributed by atoms with Crippen molar-refractivity contribution in [3.8, 4) is 0 Å². The summed E-state index contributed by atoms with van der Waals surface area (Å²) >= 11 is 0. The first kappa shape index (κ1) is 20.7. The lowest BCUT2D eigenvalue weighted by Gasteiger charge is -2.44. The predicted molar refractivity (Wildman–Crippen MR) is 119 cm³/mol. The van der Waals surface area contributed by atoms with Crippen LogP contribution in [0, 0.1) is 11.8 Å². The molecule has 0 spiro atoms. The summed E-state index contributed by atoms with van der Waals surface area (Å²) in [7, 11) is 0. The molecule has 0 saturated heterocycles. The molecule has 2 aromatic rings. The van der Waals surface area contributed by atoms with Gasteiger partial charge in [0.25, 0.3) is 0 Å². The lowest BCUT2D eigenvalue weighted by atomic mass is 9.71. The molecular weight excluding hydrogens is 376 g/mol. The van der Waals surface area contributed by atoms with E-state index in [4.69, 9.17) is 0 Å². The number of aromatic nitrogens is 1. The number of carboxylic acids is 1. The number of amides is 1. The highest BCUT2D eigenvalue weighted by atomic mass is 16.4. The van der Waals surface area contributed by atoms with Crippen molar-refractivity contribution in [2.24, 2.45) is 11.8 Å². The van der Waals surface area contributed by atoms with Gasteiger partial charge >= 0.3 is 5.97 Å². The fourth-order valence-electron chi connectivity index (χ4n) is 5.87. The van der Waals surface area contributed by atoms with E-state index in [1.54, 1.807) is 11.1 Å². The summed E-state index contributed by atoms with van der Waals surface area (Å²) in [6, 6.07) is 7.82. The number of carbonyl (C=O) groups is 2. The van der Waals surface area contributed by atoms with Crippen molar-refractivity contribution in [2.45, 2.75) is 71.3 Å². The van der Waals surface area contributed by atoms with Crippen molar-refractivity contribution in [3.63, 3.8) is 0 Å². The third kappa shape index (κ3) is 3.24. The Kier molecular flexibility index (Phi) is 5.25. The highest BCUT2D eigenvalue weighted by Crippen LogP contribution is 2.46. The fraction of sp³-hybridized carbons (Fsp3) is 0.520. The lowest BCUT2D eigenvalue weighted by Crippen LogP contribution is -2.52. The fourth-order valence-corrected chi connectivity index (χ4v) is 5.87. The van der Waals surface area contributed by atoms with Gasteiger partial charge in [0, 0.05) is 34.5 Å². The molecule has 1 aromatic heterocycles. The van der Waals surface area contributed by atoms with E-state index in [9.17, 15) is 14.7 Å². The van der Waals surface area contributed by atoms with E-state index in [2.05, 4.69) is 32.7 Å². The van der Waals surface area contributed by atoms with E-state index in [1.165, 1.54) is 6.42 Å². The average Bonchev–Trinajstić information content (AvgIpc) is 3.05. The molecule has 1 fully saturated rings. The Morgan fingerprint density at radius 3 is 2.43 bits per heavy atom. The van der Waals surface area contributed by atoms with Gasteiger partial charge in [-0.1, -0.05) is 65.2 Å². The molecule has 0 bridgehead atoms. The van der Waals surface area contributed by atoms with Crippen LogP contribution >= 0.6 is 0 Å². The molecule has 5 heteroatoms. The van der Waals surface area contributed by atoms with Crippen molar-refractivity contribution in [1.82, 2.24) is 9.88 Å². The number of hydrogen-bond acceptors (Lipinski definition) is 2. The predicted octanol–water partition coefficient (Wildman–Crippen LogP) is 5.32. The van der Waals surface area contributed by atoms with Gasteiger partial charge in [0.05, 0.1) is 11.3 Å². The average molecular weight is 409 g/mol. The van der Waals surface area contributed by atoms with E-state index in [-0.39, 0.29) is 29.4 Å². The zero-order chi connectivity index (χ0) is 21.6. The van der Waals surface area contributed by atoms with E-state index in [0.29, 0.717) is 5.69 Å². The topological polar surface area (TPSA) is 73.4 Å². The van der Waals surface area contributed by atoms with Crippen molar-refractivity contribution < 1.29 is 14.7 Å². The van der Waals surface area contributed by atoms with Crippen LogP contribution in [0.2, 0.25) is 0 Å². The van der Waals surface area contributed by atoms with Gasteiger partial charge in [0.1, 0.15) is 0 Å². The Hall–Kier alpha value is -2.56. The number of rotatable bonds is 3. The SMILES string of the molecule is CC(C)C1N(C(=O)C2CCCCC2)C=C(C(=O)O)c2[nH]c3ccccc3c2C1(C)C. The van der Waals surface area contributed by atoms with Crippen LogP contribution in [-0.2, 0) is 15.0 Å². The summed E-state index contributed by atoms with van der Waals surface area (Å²) in [4.78, 5) is 31.2. The van der Waals surface area contributed by atoms with Crippen molar-refractivity contribution in [3.05, 3.63) is 41.7 Å². The summed E-state index contributed by atoms with van der Waals surface area (Å²) in [5.74, 6) is -0.784. The lowest BCUT2D eigenvalue weighted by molar-refractivity contribution is -0.138. The second kappa shape index (κ2) is 7.60. The molecule has 0 radical (unpaired) electrons. The van der Waals surface area contributed by atoms with Gasteiger partial charge in [-0.25, -0.2) is 4.79 Å². The third-order valence-electron chi connectivity index (χ3n) is 7.00. The third-order valence-corrected chi connectivity index (χ3v) is 7.00. The van der Waals surface area contributed by atoms with Crippen LogP contribution in [0.25, 0.3) is 16.5 Å². The first-order valence-corrected chi connectivity index (χ1v) is 11.1. The molecule has 2 N–H and O–H groups in total. The molecule has 160 valence electrons. The first-order valence-electron chi connectivity index (χ1n) is 11.1. The molecule has 4 rings (SSSR count). The van der Waals surface area contributed by atoms with Crippen LogP contribution in [0.1, 0.15) is 71.1 Å². The summed E-state index contributed by atoms with van der Waals surface area (Å²) < 4.78 is 0. The number of nitrogens with one attached hydrogen (secondary N) is 1.